The van der Waals surface area contributed by atoms with Gasteiger partial charge in [-0.15, -0.1) is 0 Å². The Labute approximate surface area is 194 Å². The Bertz CT molecular complexity index is 1230. The van der Waals surface area contributed by atoms with Crippen molar-refractivity contribution in [3.05, 3.63) is 82.1 Å². The van der Waals surface area contributed by atoms with Crippen LogP contribution in [0, 0.1) is 11.7 Å². The van der Waals surface area contributed by atoms with E-state index in [1.807, 2.05) is 4.90 Å². The SMILES string of the molecule is O=C(CN1CCC(C(=O)Nc2ccc(-n3ccccc3=O)cc2F)C1)Nc1ccc(Cl)cn1. The van der Waals surface area contributed by atoms with Gasteiger partial charge in [-0.25, -0.2) is 9.37 Å². The number of carbonyl (C=O) groups excluding carboxylic acids is 2. The molecule has 0 bridgehead atoms. The molecule has 1 unspecified atom stereocenters. The van der Waals surface area contributed by atoms with Crippen LogP contribution < -0.4 is 16.2 Å². The summed E-state index contributed by atoms with van der Waals surface area (Å²) in [6.45, 7) is 1.06. The van der Waals surface area contributed by atoms with Gasteiger partial charge < -0.3 is 10.6 Å². The fraction of sp³-hybridized carbons (Fsp3) is 0.217. The van der Waals surface area contributed by atoms with Gasteiger partial charge in [-0.3, -0.25) is 23.9 Å². The molecule has 2 aromatic heterocycles. The summed E-state index contributed by atoms with van der Waals surface area (Å²) >= 11 is 5.78. The molecule has 1 atom stereocenters. The first-order chi connectivity index (χ1) is 15.9. The quantitative estimate of drug-likeness (QED) is 0.578. The van der Waals surface area contributed by atoms with Crippen molar-refractivity contribution in [2.24, 2.45) is 5.92 Å². The molecule has 1 aromatic carbocycles. The summed E-state index contributed by atoms with van der Waals surface area (Å²) in [6.07, 6.45) is 3.54. The first-order valence-corrected chi connectivity index (χ1v) is 10.7. The molecule has 1 aliphatic heterocycles. The number of halogens is 2. The molecule has 33 heavy (non-hydrogen) atoms. The predicted octanol–water partition coefficient (Wildman–Crippen LogP) is 2.92. The van der Waals surface area contributed by atoms with E-state index in [0.29, 0.717) is 36.0 Å². The summed E-state index contributed by atoms with van der Waals surface area (Å²) < 4.78 is 15.9. The lowest BCUT2D eigenvalue weighted by Gasteiger charge is -2.16. The van der Waals surface area contributed by atoms with Gasteiger partial charge in [-0.2, -0.15) is 0 Å². The second-order valence-electron chi connectivity index (χ2n) is 7.69. The average molecular weight is 470 g/mol. The molecule has 0 saturated carbocycles. The highest BCUT2D eigenvalue weighted by atomic mass is 35.5. The van der Waals surface area contributed by atoms with Crippen LogP contribution in [-0.2, 0) is 9.59 Å². The lowest BCUT2D eigenvalue weighted by molar-refractivity contribution is -0.120. The van der Waals surface area contributed by atoms with Crippen LogP contribution in [0.3, 0.4) is 0 Å². The minimum atomic E-state index is -0.638. The van der Waals surface area contributed by atoms with Crippen LogP contribution in [0.2, 0.25) is 5.02 Å². The molecule has 4 rings (SSSR count). The van der Waals surface area contributed by atoms with E-state index in [1.54, 1.807) is 36.5 Å². The minimum absolute atomic E-state index is 0.0396. The van der Waals surface area contributed by atoms with Crippen LogP contribution in [0.25, 0.3) is 5.69 Å². The summed E-state index contributed by atoms with van der Waals surface area (Å²) in [5, 5.41) is 5.77. The van der Waals surface area contributed by atoms with Crippen molar-refractivity contribution < 1.29 is 14.0 Å². The van der Waals surface area contributed by atoms with E-state index < -0.39 is 5.82 Å². The summed E-state index contributed by atoms with van der Waals surface area (Å²) in [7, 11) is 0. The Balaban J connectivity index is 1.32. The van der Waals surface area contributed by atoms with E-state index in [1.165, 1.54) is 29.0 Å². The molecule has 2 N–H and O–H groups in total. The number of pyridine rings is 2. The van der Waals surface area contributed by atoms with Crippen LogP contribution in [0.5, 0.6) is 0 Å². The van der Waals surface area contributed by atoms with Crippen LogP contribution in [-0.4, -0.2) is 45.9 Å². The molecule has 10 heteroatoms. The number of nitrogens with one attached hydrogen (secondary N) is 2. The number of anilines is 2. The molecule has 0 aliphatic carbocycles. The number of benzene rings is 1. The van der Waals surface area contributed by atoms with Gasteiger partial charge in [0.2, 0.25) is 11.8 Å². The van der Waals surface area contributed by atoms with Crippen molar-refractivity contribution in [2.45, 2.75) is 6.42 Å². The highest BCUT2D eigenvalue weighted by Gasteiger charge is 2.29. The van der Waals surface area contributed by atoms with E-state index in [-0.39, 0.29) is 35.5 Å². The number of rotatable bonds is 6. The number of hydrogen-bond donors (Lipinski definition) is 2. The summed E-state index contributed by atoms with van der Waals surface area (Å²) in [6, 6.07) is 12.1. The Morgan fingerprint density at radius 3 is 2.73 bits per heavy atom. The normalized spacial score (nSPS) is 15.9. The molecule has 2 amide bonds. The van der Waals surface area contributed by atoms with Crippen molar-refractivity contribution in [3.63, 3.8) is 0 Å². The zero-order valence-electron chi connectivity index (χ0n) is 17.5. The topological polar surface area (TPSA) is 96.3 Å². The lowest BCUT2D eigenvalue weighted by Crippen LogP contribution is -2.33. The average Bonchev–Trinajstić information content (AvgIpc) is 3.25. The zero-order chi connectivity index (χ0) is 23.4. The molecular formula is C23H21ClFN5O3. The fourth-order valence-electron chi connectivity index (χ4n) is 3.66. The van der Waals surface area contributed by atoms with E-state index in [4.69, 9.17) is 11.6 Å². The van der Waals surface area contributed by atoms with E-state index in [0.717, 1.165) is 0 Å². The molecule has 3 heterocycles. The second-order valence-corrected chi connectivity index (χ2v) is 8.13. The van der Waals surface area contributed by atoms with Gasteiger partial charge in [0.25, 0.3) is 5.56 Å². The number of hydrogen-bond acceptors (Lipinski definition) is 5. The maximum atomic E-state index is 14.6. The van der Waals surface area contributed by atoms with Gasteiger partial charge in [-0.05, 0) is 43.3 Å². The van der Waals surface area contributed by atoms with Crippen molar-refractivity contribution in [3.8, 4) is 5.69 Å². The predicted molar refractivity (Wildman–Crippen MR) is 123 cm³/mol. The van der Waals surface area contributed by atoms with E-state index >= 15 is 0 Å². The van der Waals surface area contributed by atoms with Gasteiger partial charge in [0.05, 0.1) is 28.9 Å². The summed E-state index contributed by atoms with van der Waals surface area (Å²) in [5.74, 6) is -1.18. The number of nitrogens with zero attached hydrogens (tertiary/aromatic N) is 3. The maximum absolute atomic E-state index is 14.6. The molecule has 1 fully saturated rings. The number of likely N-dealkylation sites (tertiary alicyclic amines) is 1. The first-order valence-electron chi connectivity index (χ1n) is 10.3. The third kappa shape index (κ3) is 5.63. The van der Waals surface area contributed by atoms with Gasteiger partial charge in [0.1, 0.15) is 11.6 Å². The van der Waals surface area contributed by atoms with Crippen molar-refractivity contribution in [1.29, 1.82) is 0 Å². The molecule has 0 spiro atoms. The van der Waals surface area contributed by atoms with Crippen molar-refractivity contribution in [2.75, 3.05) is 30.3 Å². The van der Waals surface area contributed by atoms with E-state index in [2.05, 4.69) is 15.6 Å². The zero-order valence-corrected chi connectivity index (χ0v) is 18.3. The molecular weight excluding hydrogens is 449 g/mol. The van der Waals surface area contributed by atoms with Crippen molar-refractivity contribution >= 4 is 34.9 Å². The summed E-state index contributed by atoms with van der Waals surface area (Å²) in [5.41, 5.74) is 0.123. The van der Waals surface area contributed by atoms with Crippen LogP contribution in [0.1, 0.15) is 6.42 Å². The fourth-order valence-corrected chi connectivity index (χ4v) is 3.77. The largest absolute Gasteiger partial charge is 0.323 e. The Kier molecular flexibility index (Phi) is 6.81. The third-order valence-electron chi connectivity index (χ3n) is 5.32. The van der Waals surface area contributed by atoms with Crippen LogP contribution in [0.4, 0.5) is 15.9 Å². The van der Waals surface area contributed by atoms with Gasteiger partial charge in [0.15, 0.2) is 0 Å². The highest BCUT2D eigenvalue weighted by Crippen LogP contribution is 2.22. The monoisotopic (exact) mass is 469 g/mol. The van der Waals surface area contributed by atoms with Gasteiger partial charge in [-0.1, -0.05) is 17.7 Å². The number of aromatic nitrogens is 2. The standard InChI is InChI=1S/C23H21ClFN5O3/c24-16-4-7-20(26-12-16)28-21(31)14-29-10-8-15(13-29)23(33)27-19-6-5-17(11-18(19)25)30-9-2-1-3-22(30)32/h1-7,9,11-12,15H,8,10,13-14H2,(H,27,33)(H,26,28,31). The molecule has 0 radical (unpaired) electrons. The maximum Gasteiger partial charge on any atom is 0.255 e. The van der Waals surface area contributed by atoms with Crippen molar-refractivity contribution in [1.82, 2.24) is 14.5 Å². The van der Waals surface area contributed by atoms with Crippen LogP contribution in [0.15, 0.2) is 65.7 Å². The first kappa shape index (κ1) is 22.6. The van der Waals surface area contributed by atoms with E-state index in [9.17, 15) is 18.8 Å². The minimum Gasteiger partial charge on any atom is -0.323 e. The number of amides is 2. The Hall–Kier alpha value is -3.56. The Morgan fingerprint density at radius 1 is 1.15 bits per heavy atom. The molecule has 1 saturated heterocycles. The van der Waals surface area contributed by atoms with Gasteiger partial charge in [0, 0.05) is 31.1 Å². The van der Waals surface area contributed by atoms with Crippen LogP contribution >= 0.6 is 11.6 Å². The molecule has 1 aliphatic rings. The smallest absolute Gasteiger partial charge is 0.255 e. The Morgan fingerprint density at radius 2 is 2.00 bits per heavy atom. The number of carbonyl (C=O) groups is 2. The molecule has 170 valence electrons. The highest BCUT2D eigenvalue weighted by molar-refractivity contribution is 6.30. The summed E-state index contributed by atoms with van der Waals surface area (Å²) in [4.78, 5) is 42.7. The van der Waals surface area contributed by atoms with Gasteiger partial charge >= 0.3 is 0 Å². The molecule has 8 nitrogen and oxygen atoms in total. The molecule has 3 aromatic rings. The second kappa shape index (κ2) is 9.93. The lowest BCUT2D eigenvalue weighted by atomic mass is 10.1. The third-order valence-corrected chi connectivity index (χ3v) is 5.54.